The van der Waals surface area contributed by atoms with E-state index in [4.69, 9.17) is 12.7 Å². The summed E-state index contributed by atoms with van der Waals surface area (Å²) < 4.78 is 0. The van der Waals surface area contributed by atoms with Crippen molar-refractivity contribution >= 4 is 35.4 Å². The number of rotatable bonds is 18. The highest BCUT2D eigenvalue weighted by molar-refractivity contribution is 5.97. The molecule has 7 N–H and O–H groups in total. The van der Waals surface area contributed by atoms with Gasteiger partial charge in [0.2, 0.25) is 35.4 Å². The molecule has 0 aromatic rings. The molecule has 0 bridgehead atoms. The van der Waals surface area contributed by atoms with Gasteiger partial charge in [-0.3, -0.25) is 28.8 Å². The Balaban J connectivity index is 1.63. The van der Waals surface area contributed by atoms with Crippen LogP contribution in [0.25, 0.3) is 0 Å². The van der Waals surface area contributed by atoms with Crippen molar-refractivity contribution in [1.29, 1.82) is 0 Å². The van der Waals surface area contributed by atoms with Crippen LogP contribution in [0.4, 0.5) is 0 Å². The van der Waals surface area contributed by atoms with Crippen molar-refractivity contribution in [1.82, 2.24) is 31.1 Å². The van der Waals surface area contributed by atoms with Gasteiger partial charge < -0.3 is 41.9 Å². The fourth-order valence-corrected chi connectivity index (χ4v) is 7.30. The van der Waals surface area contributed by atoms with Gasteiger partial charge in [0.05, 0.1) is 6.10 Å². The zero-order chi connectivity index (χ0) is 36.6. The topological polar surface area (TPSA) is 203 Å². The lowest BCUT2D eigenvalue weighted by atomic mass is 9.86. The number of aliphatic hydroxyl groups is 1. The molecule has 0 spiro atoms. The molecule has 3 fully saturated rings. The molecule has 2 saturated heterocycles. The number of nitrogens with zero attached hydrogens (tertiary/aromatic N) is 2. The number of nitrogens with two attached hydrogens (primary N) is 1. The van der Waals surface area contributed by atoms with Crippen LogP contribution in [-0.2, 0) is 28.8 Å². The minimum atomic E-state index is -1.48. The molecule has 0 aromatic heterocycles. The van der Waals surface area contributed by atoms with E-state index in [1.807, 2.05) is 6.92 Å². The molecule has 282 valence electrons. The van der Waals surface area contributed by atoms with Crippen molar-refractivity contribution in [3.8, 4) is 0 Å². The predicted octanol–water partition coefficient (Wildman–Crippen LogP) is 0.920. The molecule has 2 radical (unpaired) electrons. The van der Waals surface area contributed by atoms with Crippen LogP contribution in [0.5, 0.6) is 0 Å². The summed E-state index contributed by atoms with van der Waals surface area (Å²) in [6.07, 6.45) is 10.9. The van der Waals surface area contributed by atoms with E-state index in [1.165, 1.54) is 36.0 Å². The average Bonchev–Trinajstić information content (AvgIpc) is 3.61. The summed E-state index contributed by atoms with van der Waals surface area (Å²) >= 11 is 0. The quantitative estimate of drug-likeness (QED) is 0.113. The Labute approximate surface area is 297 Å². The predicted molar refractivity (Wildman–Crippen MR) is 188 cm³/mol. The lowest BCUT2D eigenvalue weighted by Gasteiger charge is -2.38. The second-order valence-corrected chi connectivity index (χ2v) is 14.2. The number of carbonyl (C=O) groups excluding carboxylic acids is 6. The van der Waals surface area contributed by atoms with Crippen LogP contribution in [-0.4, -0.2) is 113 Å². The van der Waals surface area contributed by atoms with Gasteiger partial charge in [-0.2, -0.15) is 0 Å². The molecule has 1 unspecified atom stereocenters. The SMILES string of the molecule is [CH][C@H](NC(=O)[C@@H]1CCCCN1C(=O)[C@H](CCCCN)NC(=O)CCC1CCCCC1)C(=O)N1CCC[C@H]1C(=O)N[C@H](C(=O)NCCC)C(C)O. The first kappa shape index (κ1) is 41.2. The van der Waals surface area contributed by atoms with Gasteiger partial charge in [-0.05, 0) is 90.5 Å². The highest BCUT2D eigenvalue weighted by atomic mass is 16.3. The number of likely N-dealkylation sites (tertiary alicyclic amines) is 2. The van der Waals surface area contributed by atoms with Gasteiger partial charge in [0, 0.05) is 26.1 Å². The molecule has 0 aromatic carbocycles. The maximum atomic E-state index is 13.9. The lowest BCUT2D eigenvalue weighted by Crippen LogP contribution is -2.60. The number of hydrogen-bond donors (Lipinski definition) is 6. The Morgan fingerprint density at radius 3 is 2.10 bits per heavy atom. The molecule has 3 rings (SSSR count). The first-order valence-electron chi connectivity index (χ1n) is 18.9. The lowest BCUT2D eigenvalue weighted by molar-refractivity contribution is -0.146. The van der Waals surface area contributed by atoms with Crippen LogP contribution in [0.2, 0.25) is 0 Å². The number of carbonyl (C=O) groups is 6. The summed E-state index contributed by atoms with van der Waals surface area (Å²) in [5.41, 5.74) is 5.70. The minimum absolute atomic E-state index is 0.169. The van der Waals surface area contributed by atoms with Gasteiger partial charge >= 0.3 is 0 Å². The van der Waals surface area contributed by atoms with Gasteiger partial charge in [-0.25, -0.2) is 0 Å². The highest BCUT2D eigenvalue weighted by Crippen LogP contribution is 2.27. The van der Waals surface area contributed by atoms with Gasteiger partial charge in [-0.15, -0.1) is 0 Å². The fraction of sp³-hybridized carbons (Fsp3) is 0.806. The van der Waals surface area contributed by atoms with Crippen molar-refractivity contribution in [2.24, 2.45) is 11.7 Å². The molecule has 14 heteroatoms. The van der Waals surface area contributed by atoms with Crippen LogP contribution in [0.3, 0.4) is 0 Å². The van der Waals surface area contributed by atoms with Gasteiger partial charge in [0.1, 0.15) is 30.2 Å². The number of aliphatic hydroxyl groups excluding tert-OH is 1. The summed E-state index contributed by atoms with van der Waals surface area (Å²) in [5.74, 6) is -2.34. The van der Waals surface area contributed by atoms with Crippen LogP contribution < -0.4 is 27.0 Å². The molecule has 2 heterocycles. The molecule has 1 saturated carbocycles. The average molecular weight is 704 g/mol. The third-order valence-corrected chi connectivity index (χ3v) is 10.2. The van der Waals surface area contributed by atoms with Crippen molar-refractivity contribution in [2.45, 2.75) is 153 Å². The molecule has 3 aliphatic rings. The highest BCUT2D eigenvalue weighted by Gasteiger charge is 2.41. The van der Waals surface area contributed by atoms with Gasteiger partial charge in [0.15, 0.2) is 0 Å². The number of unbranched alkanes of at least 4 members (excludes halogenated alkanes) is 1. The largest absolute Gasteiger partial charge is 0.391 e. The Hall–Kier alpha value is -3.26. The molecule has 6 amide bonds. The van der Waals surface area contributed by atoms with E-state index in [0.29, 0.717) is 89.8 Å². The third-order valence-electron chi connectivity index (χ3n) is 10.2. The van der Waals surface area contributed by atoms with Crippen LogP contribution >= 0.6 is 0 Å². The maximum Gasteiger partial charge on any atom is 0.246 e. The summed E-state index contributed by atoms with van der Waals surface area (Å²) in [4.78, 5) is 82.6. The smallest absolute Gasteiger partial charge is 0.246 e. The molecular weight excluding hydrogens is 642 g/mol. The standard InChI is InChI=1S/C36H61N7O7/c1-4-21-38-34(48)31(25(3)44)41-33(47)29-17-12-23-42(29)35(49)24(2)39-32(46)28-16-9-11-22-43(28)36(50)27(15-8-10-20-37)40-30(45)19-18-26-13-6-5-7-14-26/h2,24-29,31,44H,4-23,37H2,1,3H3,(H,38,48)(H,39,46)(H,40,45)(H,41,47)/t24-,25?,27-,28-,29-,31-/m0/s1. The van der Waals surface area contributed by atoms with Crippen molar-refractivity contribution in [3.63, 3.8) is 0 Å². The summed E-state index contributed by atoms with van der Waals surface area (Å²) in [6.45, 7) is 10.9. The van der Waals surface area contributed by atoms with E-state index in [2.05, 4.69) is 21.3 Å². The molecule has 14 nitrogen and oxygen atoms in total. The zero-order valence-corrected chi connectivity index (χ0v) is 30.1. The molecule has 50 heavy (non-hydrogen) atoms. The second-order valence-electron chi connectivity index (χ2n) is 14.2. The molecule has 2 aliphatic heterocycles. The first-order chi connectivity index (χ1) is 24.0. The van der Waals surface area contributed by atoms with Crippen molar-refractivity contribution < 1.29 is 33.9 Å². The van der Waals surface area contributed by atoms with E-state index >= 15 is 0 Å². The van der Waals surface area contributed by atoms with Gasteiger partial charge in [0.25, 0.3) is 0 Å². The van der Waals surface area contributed by atoms with E-state index in [9.17, 15) is 33.9 Å². The molecular formula is C36H61N7O7. The van der Waals surface area contributed by atoms with E-state index < -0.39 is 59.9 Å². The minimum Gasteiger partial charge on any atom is -0.391 e. The van der Waals surface area contributed by atoms with E-state index in [-0.39, 0.29) is 18.4 Å². The summed E-state index contributed by atoms with van der Waals surface area (Å²) in [6, 6.07) is -5.28. The number of nitrogens with one attached hydrogen (secondary N) is 4. The molecule has 6 atom stereocenters. The van der Waals surface area contributed by atoms with Crippen molar-refractivity contribution in [3.05, 3.63) is 6.92 Å². The number of piperidine rings is 1. The Morgan fingerprint density at radius 1 is 0.820 bits per heavy atom. The first-order valence-corrected chi connectivity index (χ1v) is 18.9. The zero-order valence-electron chi connectivity index (χ0n) is 30.1. The van der Waals surface area contributed by atoms with Gasteiger partial charge in [-0.1, -0.05) is 39.0 Å². The van der Waals surface area contributed by atoms with Crippen LogP contribution in [0.15, 0.2) is 0 Å². The maximum absolute atomic E-state index is 13.9. The number of amides is 6. The van der Waals surface area contributed by atoms with Crippen LogP contribution in [0, 0.1) is 12.8 Å². The normalized spacial score (nSPS) is 22.2. The van der Waals surface area contributed by atoms with E-state index in [0.717, 1.165) is 19.3 Å². The monoisotopic (exact) mass is 703 g/mol. The summed E-state index contributed by atoms with van der Waals surface area (Å²) in [7, 11) is 0. The Bertz CT molecular complexity index is 1150. The third kappa shape index (κ3) is 12.2. The van der Waals surface area contributed by atoms with E-state index in [1.54, 1.807) is 0 Å². The summed E-state index contributed by atoms with van der Waals surface area (Å²) in [5, 5.41) is 20.9. The Kier molecular flexibility index (Phi) is 17.4. The van der Waals surface area contributed by atoms with Crippen LogP contribution in [0.1, 0.15) is 117 Å². The number of hydrogen-bond acceptors (Lipinski definition) is 8. The second kappa shape index (κ2) is 21.2. The molecule has 1 aliphatic carbocycles. The fourth-order valence-electron chi connectivity index (χ4n) is 7.30. The Morgan fingerprint density at radius 2 is 1.44 bits per heavy atom. The van der Waals surface area contributed by atoms with Crippen molar-refractivity contribution in [2.75, 3.05) is 26.2 Å².